The summed E-state index contributed by atoms with van der Waals surface area (Å²) in [4.78, 5) is 12.1. The SMILES string of the molecule is CC(NC(=O)c1c(F)cccc1Cl)c1ccc(Cl)cc1. The Labute approximate surface area is 126 Å². The maximum atomic E-state index is 13.6. The van der Waals surface area contributed by atoms with Gasteiger partial charge < -0.3 is 5.32 Å². The number of carbonyl (C=O) groups excluding carboxylic acids is 1. The van der Waals surface area contributed by atoms with Gasteiger partial charge in [0.2, 0.25) is 0 Å². The number of amides is 1. The molecule has 2 aromatic rings. The fourth-order valence-electron chi connectivity index (χ4n) is 1.82. The minimum absolute atomic E-state index is 0.0887. The number of benzene rings is 2. The molecule has 1 N–H and O–H groups in total. The molecule has 20 heavy (non-hydrogen) atoms. The van der Waals surface area contributed by atoms with Gasteiger partial charge in [0.25, 0.3) is 5.91 Å². The molecule has 2 rings (SSSR count). The monoisotopic (exact) mass is 311 g/mol. The number of hydrogen-bond donors (Lipinski definition) is 1. The molecule has 5 heteroatoms. The van der Waals surface area contributed by atoms with Crippen molar-refractivity contribution in [1.82, 2.24) is 5.32 Å². The standard InChI is InChI=1S/C15H12Cl2FNO/c1-9(10-5-7-11(16)8-6-10)19-15(20)14-12(17)3-2-4-13(14)18/h2-9H,1H3,(H,19,20). The van der Waals surface area contributed by atoms with Crippen LogP contribution in [0.15, 0.2) is 42.5 Å². The summed E-state index contributed by atoms with van der Waals surface area (Å²) in [5.74, 6) is -1.19. The second-order valence-corrected chi connectivity index (χ2v) is 5.19. The second kappa shape index (κ2) is 6.25. The van der Waals surface area contributed by atoms with Gasteiger partial charge in [0.1, 0.15) is 5.82 Å². The zero-order valence-electron chi connectivity index (χ0n) is 10.7. The van der Waals surface area contributed by atoms with E-state index in [9.17, 15) is 9.18 Å². The van der Waals surface area contributed by atoms with Gasteiger partial charge in [0.15, 0.2) is 0 Å². The molecule has 104 valence electrons. The van der Waals surface area contributed by atoms with E-state index in [0.29, 0.717) is 5.02 Å². The molecule has 2 nitrogen and oxygen atoms in total. The van der Waals surface area contributed by atoms with Gasteiger partial charge in [-0.05, 0) is 36.8 Å². The van der Waals surface area contributed by atoms with E-state index in [1.807, 2.05) is 0 Å². The average molecular weight is 312 g/mol. The molecule has 0 aromatic heterocycles. The molecule has 1 atom stereocenters. The van der Waals surface area contributed by atoms with Crippen LogP contribution in [0.2, 0.25) is 10.0 Å². The predicted molar refractivity (Wildman–Crippen MR) is 78.7 cm³/mol. The average Bonchev–Trinajstić information content (AvgIpc) is 2.39. The Kier molecular flexibility index (Phi) is 4.63. The lowest BCUT2D eigenvalue weighted by molar-refractivity contribution is 0.0936. The van der Waals surface area contributed by atoms with Crippen molar-refractivity contribution < 1.29 is 9.18 Å². The fourth-order valence-corrected chi connectivity index (χ4v) is 2.19. The first-order valence-electron chi connectivity index (χ1n) is 5.99. The van der Waals surface area contributed by atoms with Crippen molar-refractivity contribution in [3.63, 3.8) is 0 Å². The van der Waals surface area contributed by atoms with Crippen molar-refractivity contribution in [1.29, 1.82) is 0 Å². The van der Waals surface area contributed by atoms with Crippen LogP contribution in [0.3, 0.4) is 0 Å². The van der Waals surface area contributed by atoms with Crippen molar-refractivity contribution in [2.45, 2.75) is 13.0 Å². The summed E-state index contributed by atoms with van der Waals surface area (Å²) in [6.07, 6.45) is 0. The van der Waals surface area contributed by atoms with Crippen LogP contribution in [-0.2, 0) is 0 Å². The van der Waals surface area contributed by atoms with Crippen molar-refractivity contribution in [3.8, 4) is 0 Å². The molecule has 0 bridgehead atoms. The van der Waals surface area contributed by atoms with Gasteiger partial charge >= 0.3 is 0 Å². The highest BCUT2D eigenvalue weighted by Crippen LogP contribution is 2.21. The molecule has 0 fully saturated rings. The summed E-state index contributed by atoms with van der Waals surface area (Å²) in [6.45, 7) is 1.80. The third-order valence-corrected chi connectivity index (χ3v) is 3.47. The summed E-state index contributed by atoms with van der Waals surface area (Å²) < 4.78 is 13.6. The third-order valence-electron chi connectivity index (χ3n) is 2.91. The summed E-state index contributed by atoms with van der Waals surface area (Å²) >= 11 is 11.7. The van der Waals surface area contributed by atoms with E-state index in [4.69, 9.17) is 23.2 Å². The second-order valence-electron chi connectivity index (χ2n) is 4.34. The van der Waals surface area contributed by atoms with E-state index in [0.717, 1.165) is 5.56 Å². The minimum Gasteiger partial charge on any atom is -0.345 e. The summed E-state index contributed by atoms with van der Waals surface area (Å²) in [7, 11) is 0. The van der Waals surface area contributed by atoms with Crippen LogP contribution in [0.25, 0.3) is 0 Å². The number of halogens is 3. The molecule has 0 saturated carbocycles. The normalized spacial score (nSPS) is 12.0. The molecule has 0 radical (unpaired) electrons. The van der Waals surface area contributed by atoms with Gasteiger partial charge in [-0.1, -0.05) is 41.4 Å². The zero-order chi connectivity index (χ0) is 14.7. The lowest BCUT2D eigenvalue weighted by atomic mass is 10.1. The molecule has 0 saturated heterocycles. The van der Waals surface area contributed by atoms with E-state index in [1.54, 1.807) is 31.2 Å². The quantitative estimate of drug-likeness (QED) is 0.880. The minimum atomic E-state index is -0.640. The van der Waals surface area contributed by atoms with Crippen LogP contribution in [0.5, 0.6) is 0 Å². The Hall–Kier alpha value is -1.58. The van der Waals surface area contributed by atoms with Crippen molar-refractivity contribution >= 4 is 29.1 Å². The van der Waals surface area contributed by atoms with Crippen LogP contribution in [0.1, 0.15) is 28.9 Å². The van der Waals surface area contributed by atoms with Crippen LogP contribution < -0.4 is 5.32 Å². The van der Waals surface area contributed by atoms with Crippen LogP contribution >= 0.6 is 23.2 Å². The van der Waals surface area contributed by atoms with Crippen LogP contribution in [0.4, 0.5) is 4.39 Å². The van der Waals surface area contributed by atoms with E-state index in [2.05, 4.69) is 5.32 Å². The number of rotatable bonds is 3. The van der Waals surface area contributed by atoms with Crippen LogP contribution in [0, 0.1) is 5.82 Å². The summed E-state index contributed by atoms with van der Waals surface area (Å²) in [6, 6.07) is 10.9. The first-order valence-corrected chi connectivity index (χ1v) is 6.75. The van der Waals surface area contributed by atoms with Crippen molar-refractivity contribution in [2.24, 2.45) is 0 Å². The highest BCUT2D eigenvalue weighted by molar-refractivity contribution is 6.33. The molecular formula is C15H12Cl2FNO. The molecule has 0 aliphatic heterocycles. The topological polar surface area (TPSA) is 29.1 Å². The molecule has 0 spiro atoms. The first-order chi connectivity index (χ1) is 9.49. The first kappa shape index (κ1) is 14.8. The van der Waals surface area contributed by atoms with Gasteiger partial charge in [-0.3, -0.25) is 4.79 Å². The molecule has 1 unspecified atom stereocenters. The maximum Gasteiger partial charge on any atom is 0.256 e. The van der Waals surface area contributed by atoms with Gasteiger partial charge in [-0.15, -0.1) is 0 Å². The van der Waals surface area contributed by atoms with Crippen molar-refractivity contribution in [2.75, 3.05) is 0 Å². The van der Waals surface area contributed by atoms with Gasteiger partial charge in [0.05, 0.1) is 16.6 Å². The summed E-state index contributed by atoms with van der Waals surface area (Å²) in [5, 5.41) is 3.41. The largest absolute Gasteiger partial charge is 0.345 e. The van der Waals surface area contributed by atoms with Crippen LogP contribution in [-0.4, -0.2) is 5.91 Å². The van der Waals surface area contributed by atoms with E-state index in [1.165, 1.54) is 18.2 Å². The van der Waals surface area contributed by atoms with E-state index >= 15 is 0 Å². The highest BCUT2D eigenvalue weighted by Gasteiger charge is 2.18. The zero-order valence-corrected chi connectivity index (χ0v) is 12.2. The third kappa shape index (κ3) is 3.30. The maximum absolute atomic E-state index is 13.6. The number of hydrogen-bond acceptors (Lipinski definition) is 1. The highest BCUT2D eigenvalue weighted by atomic mass is 35.5. The summed E-state index contributed by atoms with van der Waals surface area (Å²) in [5.41, 5.74) is 0.727. The van der Waals surface area contributed by atoms with E-state index < -0.39 is 11.7 Å². The predicted octanol–water partition coefficient (Wildman–Crippen LogP) is 4.62. The van der Waals surface area contributed by atoms with Gasteiger partial charge in [-0.2, -0.15) is 0 Å². The van der Waals surface area contributed by atoms with E-state index in [-0.39, 0.29) is 16.6 Å². The Morgan fingerprint density at radius 3 is 2.40 bits per heavy atom. The smallest absolute Gasteiger partial charge is 0.256 e. The number of nitrogens with one attached hydrogen (secondary N) is 1. The lowest BCUT2D eigenvalue weighted by Crippen LogP contribution is -2.27. The molecule has 0 heterocycles. The van der Waals surface area contributed by atoms with Gasteiger partial charge in [0, 0.05) is 5.02 Å². The molecule has 0 aliphatic rings. The lowest BCUT2D eigenvalue weighted by Gasteiger charge is -2.15. The molecule has 2 aromatic carbocycles. The van der Waals surface area contributed by atoms with Crippen molar-refractivity contribution in [3.05, 3.63) is 69.5 Å². The Bertz CT molecular complexity index is 608. The Morgan fingerprint density at radius 2 is 1.80 bits per heavy atom. The Morgan fingerprint density at radius 1 is 1.15 bits per heavy atom. The molecular weight excluding hydrogens is 300 g/mol. The molecule has 0 aliphatic carbocycles. The fraction of sp³-hybridized carbons (Fsp3) is 0.133. The van der Waals surface area contributed by atoms with Gasteiger partial charge in [-0.25, -0.2) is 4.39 Å². The Balaban J connectivity index is 2.17. The number of carbonyl (C=O) groups is 1. The molecule has 1 amide bonds.